The summed E-state index contributed by atoms with van der Waals surface area (Å²) < 4.78 is 22.4. The third-order valence-corrected chi connectivity index (χ3v) is 4.68. The summed E-state index contributed by atoms with van der Waals surface area (Å²) in [6.07, 6.45) is 1.93. The van der Waals surface area contributed by atoms with Crippen LogP contribution in [-0.2, 0) is 9.84 Å². The fourth-order valence-corrected chi connectivity index (χ4v) is 3.81. The van der Waals surface area contributed by atoms with Gasteiger partial charge in [0.05, 0.1) is 11.5 Å². The van der Waals surface area contributed by atoms with Gasteiger partial charge in [-0.05, 0) is 38.4 Å². The van der Waals surface area contributed by atoms with Gasteiger partial charge >= 0.3 is 0 Å². The second-order valence-electron chi connectivity index (χ2n) is 4.94. The number of sulfone groups is 1. The summed E-state index contributed by atoms with van der Waals surface area (Å²) in [7, 11) is -2.71. The molecule has 1 unspecified atom stereocenters. The van der Waals surface area contributed by atoms with Gasteiger partial charge in [0.15, 0.2) is 9.84 Å². The van der Waals surface area contributed by atoms with E-state index in [-0.39, 0.29) is 0 Å². The molecule has 1 saturated heterocycles. The van der Waals surface area contributed by atoms with Gasteiger partial charge in [-0.2, -0.15) is 0 Å². The van der Waals surface area contributed by atoms with E-state index in [0.717, 1.165) is 32.5 Å². The summed E-state index contributed by atoms with van der Waals surface area (Å²) in [5.41, 5.74) is 0. The van der Waals surface area contributed by atoms with Gasteiger partial charge in [0, 0.05) is 6.04 Å². The minimum atomic E-state index is -2.71. The third kappa shape index (κ3) is 5.82. The molecule has 0 saturated carbocycles. The molecule has 0 spiro atoms. The van der Waals surface area contributed by atoms with Crippen molar-refractivity contribution in [1.29, 1.82) is 0 Å². The standard InChI is InChI=1S/C11H24N2O2S/c1-10(2)13-6-3-5-12-8-11-4-7-16(14,15)9-11/h10-13H,3-9H2,1-2H3. The average Bonchev–Trinajstić information content (AvgIpc) is 2.51. The molecule has 1 rings (SSSR count). The minimum Gasteiger partial charge on any atom is -0.316 e. The fourth-order valence-electron chi connectivity index (χ4n) is 1.94. The second-order valence-corrected chi connectivity index (χ2v) is 7.16. The molecule has 0 aromatic rings. The van der Waals surface area contributed by atoms with Crippen molar-refractivity contribution in [2.45, 2.75) is 32.7 Å². The molecular weight excluding hydrogens is 224 g/mol. The van der Waals surface area contributed by atoms with E-state index in [0.29, 0.717) is 23.5 Å². The van der Waals surface area contributed by atoms with Crippen molar-refractivity contribution in [3.05, 3.63) is 0 Å². The normalized spacial score (nSPS) is 24.1. The zero-order valence-electron chi connectivity index (χ0n) is 10.3. The Bertz CT molecular complexity index is 288. The summed E-state index contributed by atoms with van der Waals surface area (Å²) >= 11 is 0. The average molecular weight is 248 g/mol. The molecule has 0 aliphatic carbocycles. The van der Waals surface area contributed by atoms with E-state index in [1.807, 2.05) is 0 Å². The van der Waals surface area contributed by atoms with Gasteiger partial charge in [-0.3, -0.25) is 0 Å². The molecule has 1 heterocycles. The SMILES string of the molecule is CC(C)NCCCNCC1CCS(=O)(=O)C1. The fraction of sp³-hybridized carbons (Fsp3) is 1.00. The smallest absolute Gasteiger partial charge is 0.150 e. The van der Waals surface area contributed by atoms with Crippen molar-refractivity contribution < 1.29 is 8.42 Å². The Hall–Kier alpha value is -0.130. The molecular formula is C11H24N2O2S. The van der Waals surface area contributed by atoms with Crippen molar-refractivity contribution in [1.82, 2.24) is 10.6 Å². The Morgan fingerprint density at radius 3 is 2.62 bits per heavy atom. The quantitative estimate of drug-likeness (QED) is 0.640. The van der Waals surface area contributed by atoms with Crippen LogP contribution in [0, 0.1) is 5.92 Å². The van der Waals surface area contributed by atoms with Gasteiger partial charge < -0.3 is 10.6 Å². The highest BCUT2D eigenvalue weighted by Gasteiger charge is 2.27. The van der Waals surface area contributed by atoms with Gasteiger partial charge in [-0.15, -0.1) is 0 Å². The van der Waals surface area contributed by atoms with E-state index < -0.39 is 9.84 Å². The van der Waals surface area contributed by atoms with E-state index in [9.17, 15) is 8.42 Å². The molecule has 16 heavy (non-hydrogen) atoms. The predicted molar refractivity (Wildman–Crippen MR) is 67.4 cm³/mol. The van der Waals surface area contributed by atoms with Crippen molar-refractivity contribution in [2.75, 3.05) is 31.1 Å². The summed E-state index contributed by atoms with van der Waals surface area (Å²) in [5.74, 6) is 1.10. The van der Waals surface area contributed by atoms with Crippen LogP contribution in [0.15, 0.2) is 0 Å². The van der Waals surface area contributed by atoms with Crippen LogP contribution < -0.4 is 10.6 Å². The molecule has 1 atom stereocenters. The van der Waals surface area contributed by atoms with E-state index >= 15 is 0 Å². The van der Waals surface area contributed by atoms with Gasteiger partial charge in [0.1, 0.15) is 0 Å². The molecule has 1 aliphatic rings. The maximum Gasteiger partial charge on any atom is 0.150 e. The Kier molecular flexibility index (Phi) is 5.72. The van der Waals surface area contributed by atoms with Crippen LogP contribution in [0.1, 0.15) is 26.7 Å². The van der Waals surface area contributed by atoms with Gasteiger partial charge in [-0.1, -0.05) is 13.8 Å². The first-order valence-corrected chi connectivity index (χ1v) is 7.96. The van der Waals surface area contributed by atoms with Crippen LogP contribution in [0.25, 0.3) is 0 Å². The summed E-state index contributed by atoms with van der Waals surface area (Å²) in [5, 5.41) is 6.69. The largest absolute Gasteiger partial charge is 0.316 e. The summed E-state index contributed by atoms with van der Waals surface area (Å²) in [6, 6.07) is 0.542. The van der Waals surface area contributed by atoms with Crippen LogP contribution >= 0.6 is 0 Å². The van der Waals surface area contributed by atoms with Crippen molar-refractivity contribution in [2.24, 2.45) is 5.92 Å². The topological polar surface area (TPSA) is 58.2 Å². The molecule has 5 heteroatoms. The van der Waals surface area contributed by atoms with Crippen LogP contribution in [0.5, 0.6) is 0 Å². The highest BCUT2D eigenvalue weighted by atomic mass is 32.2. The molecule has 0 aromatic heterocycles. The second kappa shape index (κ2) is 6.57. The first-order chi connectivity index (χ1) is 7.49. The van der Waals surface area contributed by atoms with Crippen LogP contribution in [0.3, 0.4) is 0 Å². The molecule has 0 radical (unpaired) electrons. The lowest BCUT2D eigenvalue weighted by Crippen LogP contribution is -2.29. The predicted octanol–water partition coefficient (Wildman–Crippen LogP) is 0.399. The molecule has 0 bridgehead atoms. The lowest BCUT2D eigenvalue weighted by molar-refractivity contribution is 0.498. The molecule has 2 N–H and O–H groups in total. The first kappa shape index (κ1) is 13.9. The van der Waals surface area contributed by atoms with E-state index in [2.05, 4.69) is 24.5 Å². The number of nitrogens with one attached hydrogen (secondary N) is 2. The lowest BCUT2D eigenvalue weighted by Gasteiger charge is -2.10. The maximum absolute atomic E-state index is 11.2. The molecule has 1 aliphatic heterocycles. The Balaban J connectivity index is 1.96. The molecule has 0 aromatic carbocycles. The zero-order chi connectivity index (χ0) is 12.0. The first-order valence-electron chi connectivity index (χ1n) is 6.14. The van der Waals surface area contributed by atoms with Gasteiger partial charge in [0.2, 0.25) is 0 Å². The molecule has 96 valence electrons. The van der Waals surface area contributed by atoms with Gasteiger partial charge in [-0.25, -0.2) is 8.42 Å². The van der Waals surface area contributed by atoms with Crippen molar-refractivity contribution in [3.63, 3.8) is 0 Å². The maximum atomic E-state index is 11.2. The van der Waals surface area contributed by atoms with Crippen molar-refractivity contribution in [3.8, 4) is 0 Å². The van der Waals surface area contributed by atoms with E-state index in [4.69, 9.17) is 0 Å². The van der Waals surface area contributed by atoms with Crippen LogP contribution in [-0.4, -0.2) is 45.6 Å². The Labute approximate surface area is 99.1 Å². The number of hydrogen-bond acceptors (Lipinski definition) is 4. The van der Waals surface area contributed by atoms with Crippen LogP contribution in [0.2, 0.25) is 0 Å². The summed E-state index contributed by atoms with van der Waals surface area (Å²) in [6.45, 7) is 7.11. The van der Waals surface area contributed by atoms with E-state index in [1.165, 1.54) is 0 Å². The zero-order valence-corrected chi connectivity index (χ0v) is 11.1. The van der Waals surface area contributed by atoms with Crippen molar-refractivity contribution >= 4 is 9.84 Å². The molecule has 0 amide bonds. The number of hydrogen-bond donors (Lipinski definition) is 2. The molecule has 1 fully saturated rings. The third-order valence-electron chi connectivity index (χ3n) is 2.84. The van der Waals surface area contributed by atoms with E-state index in [1.54, 1.807) is 0 Å². The molecule has 4 nitrogen and oxygen atoms in total. The highest BCUT2D eigenvalue weighted by molar-refractivity contribution is 7.91. The Morgan fingerprint density at radius 1 is 1.31 bits per heavy atom. The van der Waals surface area contributed by atoms with Crippen LogP contribution in [0.4, 0.5) is 0 Å². The van der Waals surface area contributed by atoms with Gasteiger partial charge in [0.25, 0.3) is 0 Å². The Morgan fingerprint density at radius 2 is 2.06 bits per heavy atom. The minimum absolute atomic E-state index is 0.336. The highest BCUT2D eigenvalue weighted by Crippen LogP contribution is 2.17. The number of rotatable bonds is 7. The summed E-state index contributed by atoms with van der Waals surface area (Å²) in [4.78, 5) is 0. The lowest BCUT2D eigenvalue weighted by atomic mass is 10.1. The monoisotopic (exact) mass is 248 g/mol.